The first-order valence-electron chi connectivity index (χ1n) is 8.11. The Bertz CT molecular complexity index is 556. The number of carbonyl (C=O) groups is 1. The Kier molecular flexibility index (Phi) is 9.08. The van der Waals surface area contributed by atoms with E-state index in [1.54, 1.807) is 36.5 Å². The lowest BCUT2D eigenvalue weighted by Crippen LogP contribution is -2.39. The number of aliphatic hydroxyl groups excluding tert-OH is 3. The Balaban J connectivity index is 2.50. The largest absolute Gasteiger partial charge is 0.455 e. The van der Waals surface area contributed by atoms with Gasteiger partial charge in [0.15, 0.2) is 0 Å². The van der Waals surface area contributed by atoms with Crippen molar-refractivity contribution in [3.63, 3.8) is 0 Å². The van der Waals surface area contributed by atoms with E-state index in [1.807, 2.05) is 0 Å². The van der Waals surface area contributed by atoms with Crippen molar-refractivity contribution < 1.29 is 30.0 Å². The van der Waals surface area contributed by atoms with Crippen LogP contribution in [0.25, 0.3) is 0 Å². The predicted octanol–water partition coefficient (Wildman–Crippen LogP) is 0.938. The van der Waals surface area contributed by atoms with Gasteiger partial charge in [-0.3, -0.25) is 0 Å². The van der Waals surface area contributed by atoms with Gasteiger partial charge in [-0.25, -0.2) is 4.79 Å². The molecule has 25 heavy (non-hydrogen) atoms. The third kappa shape index (κ3) is 8.60. The van der Waals surface area contributed by atoms with Gasteiger partial charge in [-0.2, -0.15) is 0 Å². The fourth-order valence-corrected chi connectivity index (χ4v) is 2.07. The van der Waals surface area contributed by atoms with Crippen LogP contribution in [-0.4, -0.2) is 56.9 Å². The highest BCUT2D eigenvalue weighted by Gasteiger charge is 2.29. The molecule has 0 saturated heterocycles. The monoisotopic (exact) mass is 350 g/mol. The quantitative estimate of drug-likeness (QED) is 0.280. The zero-order valence-electron chi connectivity index (χ0n) is 14.2. The first kappa shape index (κ1) is 21.1. The molecule has 6 heteroatoms. The minimum atomic E-state index is -1.57. The molecule has 0 aromatic rings. The van der Waals surface area contributed by atoms with E-state index in [4.69, 9.17) is 9.84 Å². The lowest BCUT2D eigenvalue weighted by Gasteiger charge is -2.27. The molecular weight excluding hydrogens is 324 g/mol. The van der Waals surface area contributed by atoms with Gasteiger partial charge in [0.25, 0.3) is 0 Å². The number of carbonyl (C=O) groups excluding carboxylic acids is 1. The third-order valence-corrected chi connectivity index (χ3v) is 3.59. The Morgan fingerprint density at radius 2 is 2.04 bits per heavy atom. The predicted molar refractivity (Wildman–Crippen MR) is 94.5 cm³/mol. The fraction of sp³-hybridized carbons (Fsp3) is 0.421. The van der Waals surface area contributed by atoms with Crippen LogP contribution in [0.1, 0.15) is 19.8 Å². The van der Waals surface area contributed by atoms with Crippen molar-refractivity contribution in [3.05, 3.63) is 60.8 Å². The van der Waals surface area contributed by atoms with Crippen molar-refractivity contribution in [1.29, 1.82) is 0 Å². The first-order chi connectivity index (χ1) is 11.8. The number of ether oxygens (including phenoxy) is 1. The van der Waals surface area contributed by atoms with Crippen LogP contribution >= 0.6 is 0 Å². The summed E-state index contributed by atoms with van der Waals surface area (Å²) in [5, 5.41) is 38.9. The summed E-state index contributed by atoms with van der Waals surface area (Å²) in [5.74, 6) is -0.441. The maximum Gasteiger partial charge on any atom is 0.331 e. The maximum absolute atomic E-state index is 11.1. The molecule has 0 unspecified atom stereocenters. The molecule has 6 nitrogen and oxygen atoms in total. The summed E-state index contributed by atoms with van der Waals surface area (Å²) in [5.41, 5.74) is -1.57. The second kappa shape index (κ2) is 10.8. The van der Waals surface area contributed by atoms with E-state index in [0.29, 0.717) is 6.42 Å². The van der Waals surface area contributed by atoms with E-state index in [9.17, 15) is 20.1 Å². The molecule has 1 heterocycles. The van der Waals surface area contributed by atoms with Gasteiger partial charge in [-0.1, -0.05) is 48.6 Å². The van der Waals surface area contributed by atoms with Crippen molar-refractivity contribution >= 4 is 5.97 Å². The molecular formula is C19H26O6. The highest BCUT2D eigenvalue weighted by atomic mass is 16.5. The van der Waals surface area contributed by atoms with Crippen molar-refractivity contribution in [3.8, 4) is 0 Å². The van der Waals surface area contributed by atoms with Crippen LogP contribution in [0.4, 0.5) is 0 Å². The molecule has 0 aromatic carbocycles. The Labute approximate surface area is 147 Å². The number of rotatable bonds is 9. The van der Waals surface area contributed by atoms with Crippen LogP contribution in [0.5, 0.6) is 0 Å². The van der Waals surface area contributed by atoms with Crippen LogP contribution in [0, 0.1) is 0 Å². The minimum Gasteiger partial charge on any atom is -0.455 e. The molecule has 0 radical (unpaired) electrons. The molecule has 138 valence electrons. The average molecular weight is 350 g/mol. The van der Waals surface area contributed by atoms with Gasteiger partial charge >= 0.3 is 5.97 Å². The summed E-state index contributed by atoms with van der Waals surface area (Å²) in [4.78, 5) is 11.1. The minimum absolute atomic E-state index is 0.0399. The van der Waals surface area contributed by atoms with E-state index in [2.05, 4.69) is 0 Å². The molecule has 1 aliphatic rings. The molecule has 0 saturated carbocycles. The highest BCUT2D eigenvalue weighted by molar-refractivity contribution is 5.82. The molecule has 0 fully saturated rings. The van der Waals surface area contributed by atoms with Crippen LogP contribution in [0.3, 0.4) is 0 Å². The van der Waals surface area contributed by atoms with Gasteiger partial charge < -0.3 is 25.2 Å². The maximum atomic E-state index is 11.1. The van der Waals surface area contributed by atoms with Gasteiger partial charge in [-0.15, -0.1) is 0 Å². The number of aliphatic hydroxyl groups is 4. The van der Waals surface area contributed by atoms with Gasteiger partial charge in [0.05, 0.1) is 18.8 Å². The number of allylic oxidation sites excluding steroid dienone is 4. The Morgan fingerprint density at radius 3 is 2.72 bits per heavy atom. The van der Waals surface area contributed by atoms with Crippen molar-refractivity contribution in [1.82, 2.24) is 0 Å². The molecule has 0 aromatic heterocycles. The summed E-state index contributed by atoms with van der Waals surface area (Å²) in [7, 11) is 0. The average Bonchev–Trinajstić information content (AvgIpc) is 2.56. The van der Waals surface area contributed by atoms with Crippen LogP contribution in [0.15, 0.2) is 60.8 Å². The fourth-order valence-electron chi connectivity index (χ4n) is 2.07. The topological polar surface area (TPSA) is 107 Å². The second-order valence-electron chi connectivity index (χ2n) is 5.90. The molecule has 4 atom stereocenters. The number of esters is 1. The Morgan fingerprint density at radius 1 is 1.32 bits per heavy atom. The summed E-state index contributed by atoms with van der Waals surface area (Å²) < 4.78 is 5.04. The lowest BCUT2D eigenvalue weighted by molar-refractivity contribution is -0.141. The SMILES string of the molecule is C[C@@](O)(/C=C/[C@H]1CC=CC(=O)O1)[C@H](O)C[C@@H](O)\C=C/C=C\C=C\CO. The van der Waals surface area contributed by atoms with E-state index in [-0.39, 0.29) is 13.0 Å². The molecule has 0 bridgehead atoms. The summed E-state index contributed by atoms with van der Waals surface area (Å²) in [6.07, 6.45) is 13.5. The van der Waals surface area contributed by atoms with Crippen molar-refractivity contribution in [2.75, 3.05) is 6.61 Å². The van der Waals surface area contributed by atoms with Crippen LogP contribution < -0.4 is 0 Å². The molecule has 0 aliphatic carbocycles. The smallest absolute Gasteiger partial charge is 0.331 e. The lowest BCUT2D eigenvalue weighted by atomic mass is 9.93. The summed E-state index contributed by atoms with van der Waals surface area (Å²) in [6.45, 7) is 1.38. The standard InChI is InChI=1S/C19H26O6/c1-19(24,12-11-16-9-7-10-18(23)25-16)17(22)14-15(21)8-5-3-2-4-6-13-20/h2-8,10-12,15-17,20-22,24H,9,13-14H2,1H3/b3-2-,6-4+,8-5-,12-11+/t15-,16+,17+,19+/m0/s1. The number of cyclic esters (lactones) is 1. The normalized spacial score (nSPS) is 23.6. The van der Waals surface area contributed by atoms with E-state index >= 15 is 0 Å². The molecule has 0 spiro atoms. The van der Waals surface area contributed by atoms with Crippen molar-refractivity contribution in [2.24, 2.45) is 0 Å². The van der Waals surface area contributed by atoms with Gasteiger partial charge in [-0.05, 0) is 13.0 Å². The molecule has 1 rings (SSSR count). The van der Waals surface area contributed by atoms with Gasteiger partial charge in [0.1, 0.15) is 11.7 Å². The summed E-state index contributed by atoms with van der Waals surface area (Å²) in [6, 6.07) is 0. The zero-order valence-corrected chi connectivity index (χ0v) is 14.2. The van der Waals surface area contributed by atoms with Gasteiger partial charge in [0.2, 0.25) is 0 Å². The van der Waals surface area contributed by atoms with E-state index in [0.717, 1.165) is 0 Å². The first-order valence-corrected chi connectivity index (χ1v) is 8.11. The second-order valence-corrected chi connectivity index (χ2v) is 5.90. The molecule has 4 N–H and O–H groups in total. The molecule has 1 aliphatic heterocycles. The number of hydrogen-bond acceptors (Lipinski definition) is 6. The van der Waals surface area contributed by atoms with Crippen LogP contribution in [0.2, 0.25) is 0 Å². The third-order valence-electron chi connectivity index (χ3n) is 3.59. The van der Waals surface area contributed by atoms with Crippen molar-refractivity contribution in [2.45, 2.75) is 43.7 Å². The van der Waals surface area contributed by atoms with Crippen LogP contribution in [-0.2, 0) is 9.53 Å². The van der Waals surface area contributed by atoms with Gasteiger partial charge in [0, 0.05) is 18.9 Å². The highest BCUT2D eigenvalue weighted by Crippen LogP contribution is 2.19. The molecule has 0 amide bonds. The zero-order chi connectivity index (χ0) is 18.7. The Hall–Kier alpha value is -1.99. The van der Waals surface area contributed by atoms with E-state index < -0.39 is 29.9 Å². The van der Waals surface area contributed by atoms with E-state index in [1.165, 1.54) is 31.2 Å². The summed E-state index contributed by atoms with van der Waals surface area (Å²) >= 11 is 0. The number of hydrogen-bond donors (Lipinski definition) is 4.